The molecule has 0 N–H and O–H groups in total. The van der Waals surface area contributed by atoms with Crippen LogP contribution in [0.5, 0.6) is 0 Å². The van der Waals surface area contributed by atoms with Crippen molar-refractivity contribution in [2.75, 3.05) is 6.67 Å². The van der Waals surface area contributed by atoms with Crippen molar-refractivity contribution in [1.29, 1.82) is 0 Å². The third-order valence-electron chi connectivity index (χ3n) is 7.07. The van der Waals surface area contributed by atoms with Crippen LogP contribution in [0, 0.1) is 17.8 Å². The van der Waals surface area contributed by atoms with Gasteiger partial charge in [-0.15, -0.1) is 0 Å². The minimum atomic E-state index is -2.37. The summed E-state index contributed by atoms with van der Waals surface area (Å²) in [6.45, 7) is -0.241. The maximum atomic E-state index is 12.7. The zero-order chi connectivity index (χ0) is 19.8. The largest absolute Gasteiger partial charge is 0.263 e. The molecule has 0 saturated heterocycles. The maximum Gasteiger partial charge on any atom is 0.263 e. The predicted octanol–water partition coefficient (Wildman–Crippen LogP) is 8.40. The van der Waals surface area contributed by atoms with Crippen molar-refractivity contribution in [2.45, 2.75) is 83.0 Å². The van der Waals surface area contributed by atoms with Gasteiger partial charge < -0.3 is 0 Å². The first kappa shape index (κ1) is 21.5. The van der Waals surface area contributed by atoms with Gasteiger partial charge in [0, 0.05) is 5.56 Å². The fourth-order valence-electron chi connectivity index (χ4n) is 5.19. The molecule has 0 heterocycles. The Hall–Kier alpha value is -1.25. The Morgan fingerprint density at radius 3 is 1.93 bits per heavy atom. The molecule has 2 fully saturated rings. The Morgan fingerprint density at radius 2 is 1.39 bits per heavy atom. The van der Waals surface area contributed by atoms with E-state index in [-0.39, 0.29) is 12.2 Å². The van der Waals surface area contributed by atoms with Gasteiger partial charge >= 0.3 is 0 Å². The lowest BCUT2D eigenvalue weighted by Gasteiger charge is -2.31. The standard InChI is InChI=1S/C25H35F3/c26-18-2-1-3-19-4-6-20(7-5-19)8-9-21-10-12-22(13-11-21)23-14-16-24(17-15-23)25(27)28/h1,3,14-17,19-22,25H,2,4-13,18H2/t19-,20-,21-,22-. The minimum Gasteiger partial charge on any atom is -0.251 e. The monoisotopic (exact) mass is 392 g/mol. The third-order valence-corrected chi connectivity index (χ3v) is 7.07. The lowest BCUT2D eigenvalue weighted by atomic mass is 9.74. The highest BCUT2D eigenvalue weighted by molar-refractivity contribution is 5.26. The molecule has 0 bridgehead atoms. The quantitative estimate of drug-likeness (QED) is 0.390. The summed E-state index contributed by atoms with van der Waals surface area (Å²) < 4.78 is 37.6. The van der Waals surface area contributed by atoms with Crippen LogP contribution in [0.1, 0.15) is 94.1 Å². The summed E-state index contributed by atoms with van der Waals surface area (Å²) >= 11 is 0. The van der Waals surface area contributed by atoms with Crippen LogP contribution in [0.15, 0.2) is 36.4 Å². The van der Waals surface area contributed by atoms with Crippen LogP contribution >= 0.6 is 0 Å². The smallest absolute Gasteiger partial charge is 0.251 e. The Morgan fingerprint density at radius 1 is 0.821 bits per heavy atom. The Labute approximate surface area is 168 Å². The van der Waals surface area contributed by atoms with E-state index < -0.39 is 6.43 Å². The first-order valence-corrected chi connectivity index (χ1v) is 11.3. The number of hydrogen-bond acceptors (Lipinski definition) is 0. The minimum absolute atomic E-state index is 0.130. The maximum absolute atomic E-state index is 12.7. The first-order chi connectivity index (χ1) is 13.7. The zero-order valence-electron chi connectivity index (χ0n) is 17.0. The van der Waals surface area contributed by atoms with E-state index in [1.807, 2.05) is 18.2 Å². The average molecular weight is 393 g/mol. The van der Waals surface area contributed by atoms with Crippen molar-refractivity contribution in [1.82, 2.24) is 0 Å². The highest BCUT2D eigenvalue weighted by Crippen LogP contribution is 2.40. The molecule has 0 atom stereocenters. The molecular weight excluding hydrogens is 357 g/mol. The van der Waals surface area contributed by atoms with E-state index in [0.29, 0.717) is 18.3 Å². The zero-order valence-corrected chi connectivity index (χ0v) is 17.0. The van der Waals surface area contributed by atoms with Gasteiger partial charge in [-0.05, 0) is 87.0 Å². The van der Waals surface area contributed by atoms with E-state index in [2.05, 4.69) is 6.08 Å². The van der Waals surface area contributed by atoms with E-state index >= 15 is 0 Å². The molecule has 2 saturated carbocycles. The molecule has 3 rings (SSSR count). The topological polar surface area (TPSA) is 0 Å². The van der Waals surface area contributed by atoms with Crippen molar-refractivity contribution in [2.24, 2.45) is 17.8 Å². The van der Waals surface area contributed by atoms with Gasteiger partial charge in [-0.25, -0.2) is 8.78 Å². The first-order valence-electron chi connectivity index (χ1n) is 11.3. The fraction of sp³-hybridized carbons (Fsp3) is 0.680. The van der Waals surface area contributed by atoms with Crippen LogP contribution in [-0.2, 0) is 0 Å². The normalized spacial score (nSPS) is 28.9. The second-order valence-electron chi connectivity index (χ2n) is 8.95. The fourth-order valence-corrected chi connectivity index (χ4v) is 5.19. The molecule has 0 radical (unpaired) electrons. The Bertz CT molecular complexity index is 576. The van der Waals surface area contributed by atoms with Crippen molar-refractivity contribution in [3.05, 3.63) is 47.5 Å². The van der Waals surface area contributed by atoms with Crippen LogP contribution in [0.2, 0.25) is 0 Å². The molecule has 3 heteroatoms. The third kappa shape index (κ3) is 6.39. The molecule has 0 unspecified atom stereocenters. The lowest BCUT2D eigenvalue weighted by molar-refractivity contribution is 0.151. The van der Waals surface area contributed by atoms with Crippen molar-refractivity contribution < 1.29 is 13.2 Å². The number of hydrogen-bond donors (Lipinski definition) is 0. The molecule has 0 aromatic heterocycles. The molecular formula is C25H35F3. The number of allylic oxidation sites excluding steroid dienone is 2. The summed E-state index contributed by atoms with van der Waals surface area (Å²) in [5.41, 5.74) is 1.37. The molecule has 1 aromatic rings. The molecule has 1 aromatic carbocycles. The molecule has 0 spiro atoms. The predicted molar refractivity (Wildman–Crippen MR) is 111 cm³/mol. The van der Waals surface area contributed by atoms with Crippen LogP contribution in [0.25, 0.3) is 0 Å². The summed E-state index contributed by atoms with van der Waals surface area (Å²) in [6, 6.07) is 7.00. The van der Waals surface area contributed by atoms with Gasteiger partial charge in [0.25, 0.3) is 6.43 Å². The molecule has 0 aliphatic heterocycles. The van der Waals surface area contributed by atoms with Crippen LogP contribution in [0.3, 0.4) is 0 Å². The van der Waals surface area contributed by atoms with E-state index in [4.69, 9.17) is 0 Å². The molecule has 156 valence electrons. The van der Waals surface area contributed by atoms with Crippen molar-refractivity contribution >= 4 is 0 Å². The SMILES string of the molecule is FCCC=C[C@H]1CC[C@H](CC[C@H]2CC[C@H](c3ccc(C(F)F)cc3)CC2)CC1. The van der Waals surface area contributed by atoms with Crippen LogP contribution < -0.4 is 0 Å². The molecule has 2 aliphatic carbocycles. The summed E-state index contributed by atoms with van der Waals surface area (Å²) in [4.78, 5) is 0. The van der Waals surface area contributed by atoms with Gasteiger partial charge in [-0.1, -0.05) is 49.3 Å². The van der Waals surface area contributed by atoms with Crippen LogP contribution in [-0.4, -0.2) is 6.67 Å². The highest BCUT2D eigenvalue weighted by Gasteiger charge is 2.25. The number of halogens is 3. The number of rotatable bonds is 8. The van der Waals surface area contributed by atoms with Gasteiger partial charge in [0.15, 0.2) is 0 Å². The highest BCUT2D eigenvalue weighted by atomic mass is 19.3. The number of benzene rings is 1. The number of alkyl halides is 3. The second-order valence-corrected chi connectivity index (χ2v) is 8.95. The van der Waals surface area contributed by atoms with E-state index in [9.17, 15) is 13.2 Å². The summed E-state index contributed by atoms with van der Waals surface area (Å²) in [5, 5.41) is 0. The van der Waals surface area contributed by atoms with Gasteiger partial charge in [-0.3, -0.25) is 4.39 Å². The summed E-state index contributed by atoms with van der Waals surface area (Å²) in [6.07, 6.45) is 15.3. The molecule has 0 amide bonds. The Balaban J connectivity index is 1.34. The molecule has 0 nitrogen and oxygen atoms in total. The van der Waals surface area contributed by atoms with Gasteiger partial charge in [0.2, 0.25) is 0 Å². The second kappa shape index (κ2) is 11.1. The van der Waals surface area contributed by atoms with Crippen LogP contribution in [0.4, 0.5) is 13.2 Å². The lowest BCUT2D eigenvalue weighted by Crippen LogP contribution is -2.17. The van der Waals surface area contributed by atoms with E-state index in [0.717, 1.165) is 11.8 Å². The van der Waals surface area contributed by atoms with Crippen molar-refractivity contribution in [3.8, 4) is 0 Å². The van der Waals surface area contributed by atoms with Gasteiger partial charge in [-0.2, -0.15) is 0 Å². The summed E-state index contributed by atoms with van der Waals surface area (Å²) in [7, 11) is 0. The van der Waals surface area contributed by atoms with E-state index in [1.165, 1.54) is 69.8 Å². The molecule has 28 heavy (non-hydrogen) atoms. The van der Waals surface area contributed by atoms with Gasteiger partial charge in [0.05, 0.1) is 6.67 Å². The summed E-state index contributed by atoms with van der Waals surface area (Å²) in [5.74, 6) is 2.95. The van der Waals surface area contributed by atoms with E-state index in [1.54, 1.807) is 12.1 Å². The van der Waals surface area contributed by atoms with Crippen molar-refractivity contribution in [3.63, 3.8) is 0 Å². The Kier molecular flexibility index (Phi) is 8.48. The average Bonchev–Trinajstić information content (AvgIpc) is 2.74. The van der Waals surface area contributed by atoms with Gasteiger partial charge in [0.1, 0.15) is 0 Å². The molecule has 2 aliphatic rings.